The summed E-state index contributed by atoms with van der Waals surface area (Å²) in [6.45, 7) is 3.65. The Bertz CT molecular complexity index is 725. The highest BCUT2D eigenvalue weighted by atomic mass is 19.4. The molecule has 0 saturated carbocycles. The molecule has 0 aromatic carbocycles. The molecule has 2 unspecified atom stereocenters. The lowest BCUT2D eigenvalue weighted by Gasteiger charge is -2.34. The first-order valence-electron chi connectivity index (χ1n) is 9.61. The number of halogens is 3. The maximum Gasteiger partial charge on any atom is 0.397 e. The number of amides is 2. The van der Waals surface area contributed by atoms with Crippen molar-refractivity contribution in [1.82, 2.24) is 15.2 Å². The van der Waals surface area contributed by atoms with Crippen molar-refractivity contribution in [2.45, 2.75) is 57.3 Å². The number of carbonyl (C=O) groups is 2. The maximum absolute atomic E-state index is 12.8. The van der Waals surface area contributed by atoms with Crippen molar-refractivity contribution in [2.24, 2.45) is 0 Å². The van der Waals surface area contributed by atoms with Gasteiger partial charge in [-0.1, -0.05) is 0 Å². The number of carbonyl (C=O) groups excluding carboxylic acids is 2. The van der Waals surface area contributed by atoms with Gasteiger partial charge in [0.05, 0.1) is 0 Å². The van der Waals surface area contributed by atoms with Gasteiger partial charge in [-0.25, -0.2) is 4.98 Å². The van der Waals surface area contributed by atoms with E-state index in [1.807, 2.05) is 0 Å². The summed E-state index contributed by atoms with van der Waals surface area (Å²) in [5, 5.41) is 2.37. The van der Waals surface area contributed by atoms with Gasteiger partial charge in [-0.2, -0.15) is 13.2 Å². The molecule has 2 saturated heterocycles. The lowest BCUT2D eigenvalue weighted by Crippen LogP contribution is -2.40. The topological polar surface area (TPSA) is 65.5 Å². The number of anilines is 1. The van der Waals surface area contributed by atoms with Crippen LogP contribution in [0.5, 0.6) is 0 Å². The van der Waals surface area contributed by atoms with Crippen LogP contribution in [-0.4, -0.2) is 59.6 Å². The van der Waals surface area contributed by atoms with Crippen LogP contribution in [0.15, 0.2) is 18.3 Å². The molecule has 28 heavy (non-hydrogen) atoms. The second kappa shape index (κ2) is 8.36. The van der Waals surface area contributed by atoms with Crippen molar-refractivity contribution >= 4 is 17.6 Å². The summed E-state index contributed by atoms with van der Waals surface area (Å²) >= 11 is 0. The van der Waals surface area contributed by atoms with E-state index in [4.69, 9.17) is 0 Å². The van der Waals surface area contributed by atoms with Crippen molar-refractivity contribution in [3.8, 4) is 0 Å². The quantitative estimate of drug-likeness (QED) is 0.847. The minimum atomic E-state index is -4.53. The van der Waals surface area contributed by atoms with Crippen LogP contribution in [-0.2, 0) is 4.79 Å². The normalized spacial score (nSPS) is 23.0. The number of nitrogens with one attached hydrogen (secondary N) is 1. The van der Waals surface area contributed by atoms with E-state index < -0.39 is 24.5 Å². The van der Waals surface area contributed by atoms with Gasteiger partial charge in [-0.3, -0.25) is 9.59 Å². The van der Waals surface area contributed by atoms with Gasteiger partial charge in [-0.15, -0.1) is 0 Å². The molecule has 3 rings (SSSR count). The average Bonchev–Trinajstić information content (AvgIpc) is 3.08. The van der Waals surface area contributed by atoms with E-state index in [1.165, 1.54) is 6.42 Å². The number of aromatic nitrogens is 1. The van der Waals surface area contributed by atoms with Crippen molar-refractivity contribution in [1.29, 1.82) is 0 Å². The zero-order chi connectivity index (χ0) is 20.3. The largest absolute Gasteiger partial charge is 0.397 e. The average molecular weight is 398 g/mol. The molecule has 6 nitrogen and oxygen atoms in total. The number of piperidine rings is 1. The van der Waals surface area contributed by atoms with Gasteiger partial charge < -0.3 is 15.1 Å². The molecule has 0 radical (unpaired) electrons. The number of hydrogen-bond donors (Lipinski definition) is 1. The second-order valence-electron chi connectivity index (χ2n) is 7.54. The van der Waals surface area contributed by atoms with Crippen LogP contribution in [0, 0.1) is 0 Å². The summed E-state index contributed by atoms with van der Waals surface area (Å²) in [4.78, 5) is 32.4. The number of alkyl halides is 3. The summed E-state index contributed by atoms with van der Waals surface area (Å²) in [5.74, 6) is -0.481. The van der Waals surface area contributed by atoms with Crippen molar-refractivity contribution in [3.63, 3.8) is 0 Å². The standard InChI is InChI=1S/C19H25F3N4O2/c1-13-4-2-3-8-26(13)16-10-14(5-7-23-16)18(28)25-9-6-15(12-25)24-17(27)11-19(20,21)22/h5,7,10,13,15H,2-4,6,8-9,11-12H2,1H3,(H,24,27). The fourth-order valence-electron chi connectivity index (χ4n) is 3.85. The van der Waals surface area contributed by atoms with E-state index in [9.17, 15) is 22.8 Å². The van der Waals surface area contributed by atoms with Crippen LogP contribution in [0.2, 0.25) is 0 Å². The Hall–Kier alpha value is -2.32. The Balaban J connectivity index is 1.60. The molecule has 0 aliphatic carbocycles. The molecular formula is C19H25F3N4O2. The van der Waals surface area contributed by atoms with E-state index in [1.54, 1.807) is 23.2 Å². The van der Waals surface area contributed by atoms with Crippen LogP contribution in [0.4, 0.5) is 19.0 Å². The first-order valence-corrected chi connectivity index (χ1v) is 9.61. The van der Waals surface area contributed by atoms with Crippen LogP contribution in [0.3, 0.4) is 0 Å². The number of likely N-dealkylation sites (tertiary alicyclic amines) is 1. The zero-order valence-corrected chi connectivity index (χ0v) is 15.8. The molecule has 0 bridgehead atoms. The number of rotatable bonds is 4. The highest BCUT2D eigenvalue weighted by Gasteiger charge is 2.34. The minimum Gasteiger partial charge on any atom is -0.354 e. The smallest absolute Gasteiger partial charge is 0.354 e. The Labute approximate surface area is 162 Å². The third kappa shape index (κ3) is 5.14. The lowest BCUT2D eigenvalue weighted by atomic mass is 10.0. The monoisotopic (exact) mass is 398 g/mol. The Kier molecular flexibility index (Phi) is 6.10. The number of nitrogens with zero attached hydrogens (tertiary/aromatic N) is 3. The summed E-state index contributed by atoms with van der Waals surface area (Å²) in [6.07, 6.45) is -0.609. The van der Waals surface area contributed by atoms with Gasteiger partial charge in [0.2, 0.25) is 5.91 Å². The van der Waals surface area contributed by atoms with Gasteiger partial charge in [0.1, 0.15) is 12.2 Å². The maximum atomic E-state index is 12.8. The molecule has 1 N–H and O–H groups in total. The molecule has 2 amide bonds. The fraction of sp³-hybridized carbons (Fsp3) is 0.632. The molecule has 2 aliphatic heterocycles. The third-order valence-corrected chi connectivity index (χ3v) is 5.29. The van der Waals surface area contributed by atoms with Crippen LogP contribution in [0.1, 0.15) is 49.4 Å². The highest BCUT2D eigenvalue weighted by Crippen LogP contribution is 2.24. The molecule has 1 aromatic heterocycles. The van der Waals surface area contributed by atoms with Crippen molar-refractivity contribution < 1.29 is 22.8 Å². The molecule has 9 heteroatoms. The minimum absolute atomic E-state index is 0.194. The Morgan fingerprint density at radius 3 is 2.75 bits per heavy atom. The SMILES string of the molecule is CC1CCCCN1c1cc(C(=O)N2CCC(NC(=O)CC(F)(F)F)C2)ccn1. The van der Waals surface area contributed by atoms with Crippen molar-refractivity contribution in [2.75, 3.05) is 24.5 Å². The zero-order valence-electron chi connectivity index (χ0n) is 15.8. The van der Waals surface area contributed by atoms with Gasteiger partial charge in [0.15, 0.2) is 0 Å². The van der Waals surface area contributed by atoms with Crippen LogP contribution >= 0.6 is 0 Å². The van der Waals surface area contributed by atoms with E-state index in [-0.39, 0.29) is 12.5 Å². The summed E-state index contributed by atoms with van der Waals surface area (Å²) in [5.41, 5.74) is 0.505. The number of hydrogen-bond acceptors (Lipinski definition) is 4. The van der Waals surface area contributed by atoms with Crippen molar-refractivity contribution in [3.05, 3.63) is 23.9 Å². The number of pyridine rings is 1. The first kappa shape index (κ1) is 20.4. The summed E-state index contributed by atoms with van der Waals surface area (Å²) < 4.78 is 36.9. The molecule has 2 fully saturated rings. The molecule has 2 aliphatic rings. The van der Waals surface area contributed by atoms with E-state index in [0.717, 1.165) is 25.2 Å². The third-order valence-electron chi connectivity index (χ3n) is 5.29. The fourth-order valence-corrected chi connectivity index (χ4v) is 3.85. The molecule has 0 spiro atoms. The molecule has 2 atom stereocenters. The molecular weight excluding hydrogens is 373 g/mol. The summed E-state index contributed by atoms with van der Waals surface area (Å²) in [6, 6.07) is 3.34. The first-order chi connectivity index (χ1) is 13.2. The lowest BCUT2D eigenvalue weighted by molar-refractivity contribution is -0.154. The molecule has 154 valence electrons. The Morgan fingerprint density at radius 2 is 2.04 bits per heavy atom. The Morgan fingerprint density at radius 1 is 1.25 bits per heavy atom. The van der Waals surface area contributed by atoms with Crippen LogP contribution in [0.25, 0.3) is 0 Å². The predicted molar refractivity (Wildman–Crippen MR) is 98.0 cm³/mol. The van der Waals surface area contributed by atoms with Gasteiger partial charge in [-0.05, 0) is 44.7 Å². The second-order valence-corrected chi connectivity index (χ2v) is 7.54. The van der Waals surface area contributed by atoms with Gasteiger partial charge in [0.25, 0.3) is 5.91 Å². The van der Waals surface area contributed by atoms with E-state index in [2.05, 4.69) is 22.1 Å². The van der Waals surface area contributed by atoms with Gasteiger partial charge in [0, 0.05) is 43.5 Å². The predicted octanol–water partition coefficient (Wildman–Crippen LogP) is 2.74. The highest BCUT2D eigenvalue weighted by molar-refractivity contribution is 5.95. The molecule has 1 aromatic rings. The molecule has 3 heterocycles. The van der Waals surface area contributed by atoms with Crippen LogP contribution < -0.4 is 10.2 Å². The van der Waals surface area contributed by atoms with E-state index >= 15 is 0 Å². The van der Waals surface area contributed by atoms with E-state index in [0.29, 0.717) is 24.6 Å². The summed E-state index contributed by atoms with van der Waals surface area (Å²) in [7, 11) is 0. The van der Waals surface area contributed by atoms with Gasteiger partial charge >= 0.3 is 6.18 Å².